The van der Waals surface area contributed by atoms with Gasteiger partial charge >= 0.3 is 6.18 Å². The highest BCUT2D eigenvalue weighted by molar-refractivity contribution is 6.30. The van der Waals surface area contributed by atoms with Crippen LogP contribution in [0.4, 0.5) is 13.2 Å². The van der Waals surface area contributed by atoms with Crippen LogP contribution in [0, 0.1) is 11.3 Å². The minimum absolute atomic E-state index is 0.170. The number of benzene rings is 1. The summed E-state index contributed by atoms with van der Waals surface area (Å²) in [5, 5.41) is 0.839. The zero-order valence-electron chi connectivity index (χ0n) is 28.0. The van der Waals surface area contributed by atoms with Crippen molar-refractivity contribution in [3.05, 3.63) is 70.0 Å². The first-order chi connectivity index (χ1) is 20.7. The number of hydrogen-bond acceptors (Lipinski definition) is 3. The van der Waals surface area contributed by atoms with Crippen molar-refractivity contribution >= 4 is 23.2 Å². The van der Waals surface area contributed by atoms with E-state index in [0.717, 1.165) is 48.7 Å². The van der Waals surface area contributed by atoms with Crippen LogP contribution < -0.4 is 0 Å². The first-order valence-corrected chi connectivity index (χ1v) is 16.5. The highest BCUT2D eigenvalue weighted by atomic mass is 35.5. The zero-order chi connectivity index (χ0) is 33.1. The molecule has 4 nitrogen and oxygen atoms in total. The lowest BCUT2D eigenvalue weighted by atomic mass is 9.75. The number of nitrogens with zero attached hydrogens (tertiary/aromatic N) is 3. The summed E-state index contributed by atoms with van der Waals surface area (Å²) in [7, 11) is 0. The van der Waals surface area contributed by atoms with Crippen LogP contribution in [-0.2, 0) is 11.2 Å². The lowest BCUT2D eigenvalue weighted by Crippen LogP contribution is -2.54. The summed E-state index contributed by atoms with van der Waals surface area (Å²) < 4.78 is 39.9. The lowest BCUT2D eigenvalue weighted by Gasteiger charge is -2.43. The number of halogens is 4. The monoisotopic (exact) mass is 635 g/mol. The first-order valence-electron chi connectivity index (χ1n) is 16.1. The topological polar surface area (TPSA) is 35.9 Å². The summed E-state index contributed by atoms with van der Waals surface area (Å²) in [5.74, 6) is 0.113. The number of rotatable bonds is 10. The van der Waals surface area contributed by atoms with Gasteiger partial charge in [0.2, 0.25) is 5.91 Å². The number of carbonyl (C=O) groups excluding carboxylic acids is 1. The van der Waals surface area contributed by atoms with Crippen molar-refractivity contribution in [1.29, 1.82) is 0 Å². The van der Waals surface area contributed by atoms with Crippen molar-refractivity contribution < 1.29 is 18.0 Å². The van der Waals surface area contributed by atoms with E-state index in [4.69, 9.17) is 16.6 Å². The Labute approximate surface area is 269 Å². The molecular formula is C36H53ClF3N3O. The van der Waals surface area contributed by atoms with Crippen molar-refractivity contribution in [2.75, 3.05) is 19.6 Å². The number of hydrogen-bond donors (Lipinski definition) is 0. The first kappa shape index (κ1) is 37.6. The highest BCUT2D eigenvalue weighted by Crippen LogP contribution is 2.41. The molecule has 246 valence electrons. The molecule has 8 heteroatoms. The van der Waals surface area contributed by atoms with Crippen molar-refractivity contribution in [2.24, 2.45) is 16.3 Å². The molecule has 2 fully saturated rings. The van der Waals surface area contributed by atoms with Crippen LogP contribution in [-0.4, -0.2) is 53.3 Å². The molecule has 1 aliphatic carbocycles. The molecule has 2 aliphatic rings. The van der Waals surface area contributed by atoms with Crippen LogP contribution in [0.5, 0.6) is 0 Å². The fourth-order valence-electron chi connectivity index (χ4n) is 5.67. The SMILES string of the molecule is CCCc1cccc(Cl)c1.C\C=C(C(/C(C)=N/C=C/CC)=C(/C)N1CCN(C(=O)CC(C)(C)C(F)(F)F)C(C)C1)\C1CCC1. The van der Waals surface area contributed by atoms with Crippen molar-refractivity contribution in [2.45, 2.75) is 113 Å². The third-order valence-corrected chi connectivity index (χ3v) is 8.92. The lowest BCUT2D eigenvalue weighted by molar-refractivity contribution is -0.215. The number of aliphatic imine (C=N–C) groups is 1. The second-order valence-electron chi connectivity index (χ2n) is 12.7. The predicted molar refractivity (Wildman–Crippen MR) is 179 cm³/mol. The van der Waals surface area contributed by atoms with Gasteiger partial charge in [-0.1, -0.05) is 76.4 Å². The summed E-state index contributed by atoms with van der Waals surface area (Å²) >= 11 is 5.78. The molecule has 1 aliphatic heterocycles. The van der Waals surface area contributed by atoms with Gasteiger partial charge in [-0.05, 0) is 82.6 Å². The number of alkyl halides is 3. The molecule has 0 aromatic heterocycles. The summed E-state index contributed by atoms with van der Waals surface area (Å²) in [5.41, 5.74) is 3.88. The number of aryl methyl sites for hydroxylation is 1. The molecule has 1 saturated carbocycles. The van der Waals surface area contributed by atoms with Gasteiger partial charge in [-0.25, -0.2) is 0 Å². The quantitative estimate of drug-likeness (QED) is 0.189. The molecule has 3 rings (SSSR count). The predicted octanol–water partition coefficient (Wildman–Crippen LogP) is 10.2. The minimum Gasteiger partial charge on any atom is -0.371 e. The smallest absolute Gasteiger partial charge is 0.371 e. The average Bonchev–Trinajstić information content (AvgIpc) is 2.91. The molecule has 1 unspecified atom stereocenters. The summed E-state index contributed by atoms with van der Waals surface area (Å²) in [4.78, 5) is 21.4. The third-order valence-electron chi connectivity index (χ3n) is 8.69. The Hall–Kier alpha value is -2.54. The Kier molecular flexibility index (Phi) is 14.7. The third kappa shape index (κ3) is 10.5. The van der Waals surface area contributed by atoms with Gasteiger partial charge in [-0.2, -0.15) is 13.2 Å². The fraction of sp³-hybridized carbons (Fsp3) is 0.611. The van der Waals surface area contributed by atoms with Crippen molar-refractivity contribution in [1.82, 2.24) is 9.80 Å². The van der Waals surface area contributed by atoms with E-state index in [1.54, 1.807) is 4.90 Å². The van der Waals surface area contributed by atoms with Gasteiger partial charge in [0.05, 0.1) is 5.41 Å². The Morgan fingerprint density at radius 1 is 1.14 bits per heavy atom. The maximum atomic E-state index is 13.3. The second kappa shape index (κ2) is 17.2. The Morgan fingerprint density at radius 3 is 2.32 bits per heavy atom. The van der Waals surface area contributed by atoms with Crippen LogP contribution in [0.1, 0.15) is 99.5 Å². The maximum absolute atomic E-state index is 13.3. The van der Waals surface area contributed by atoms with Gasteiger partial charge < -0.3 is 9.80 Å². The normalized spacial score (nSPS) is 19.4. The van der Waals surface area contributed by atoms with E-state index < -0.39 is 23.9 Å². The van der Waals surface area contributed by atoms with Crippen LogP contribution in [0.25, 0.3) is 0 Å². The molecule has 1 heterocycles. The molecular weight excluding hydrogens is 583 g/mol. The van der Waals surface area contributed by atoms with Crippen molar-refractivity contribution in [3.63, 3.8) is 0 Å². The Morgan fingerprint density at radius 2 is 1.82 bits per heavy atom. The highest BCUT2D eigenvalue weighted by Gasteiger charge is 2.49. The number of amides is 1. The standard InChI is InChI=1S/C27H42F3N3O.C9H11Cl/c1-8-10-14-31-20(4)25(23(9-2)22-12-11-13-22)21(5)32-15-16-33(19(3)18-32)24(34)17-26(6,7)27(28,29)30;1-2-4-8-5-3-6-9(10)7-8/h9-10,14,19,22H,8,11-13,15-18H2,1-7H3;3,5-7H,2,4H2,1H3/b14-10+,23-9-,25-21-,31-20+;. The van der Waals surface area contributed by atoms with Gasteiger partial charge in [0.15, 0.2) is 0 Å². The van der Waals surface area contributed by atoms with Crippen LogP contribution >= 0.6 is 11.6 Å². The number of allylic oxidation sites excluding steroid dienone is 5. The Bertz CT molecular complexity index is 1210. The van der Waals surface area contributed by atoms with E-state index in [9.17, 15) is 18.0 Å². The molecule has 1 atom stereocenters. The molecule has 0 radical (unpaired) electrons. The largest absolute Gasteiger partial charge is 0.394 e. The van der Waals surface area contributed by atoms with Gasteiger partial charge in [0.1, 0.15) is 0 Å². The molecule has 0 bridgehead atoms. The number of piperazine rings is 1. The average molecular weight is 636 g/mol. The molecule has 1 amide bonds. The summed E-state index contributed by atoms with van der Waals surface area (Å²) in [6.45, 7) is 16.2. The molecule has 1 aromatic rings. The van der Waals surface area contributed by atoms with Crippen LogP contribution in [0.3, 0.4) is 0 Å². The minimum atomic E-state index is -4.41. The van der Waals surface area contributed by atoms with E-state index >= 15 is 0 Å². The van der Waals surface area contributed by atoms with Crippen LogP contribution in [0.15, 0.2) is 64.5 Å². The summed E-state index contributed by atoms with van der Waals surface area (Å²) in [6.07, 6.45) is 8.00. The molecule has 0 N–H and O–H groups in total. The molecule has 0 spiro atoms. The molecule has 44 heavy (non-hydrogen) atoms. The zero-order valence-corrected chi connectivity index (χ0v) is 28.8. The van der Waals surface area contributed by atoms with E-state index in [2.05, 4.69) is 44.7 Å². The van der Waals surface area contributed by atoms with Crippen LogP contribution in [0.2, 0.25) is 5.02 Å². The maximum Gasteiger partial charge on any atom is 0.394 e. The molecule has 1 aromatic carbocycles. The van der Waals surface area contributed by atoms with E-state index in [1.165, 1.54) is 36.8 Å². The summed E-state index contributed by atoms with van der Waals surface area (Å²) in [6, 6.07) is 7.85. The van der Waals surface area contributed by atoms with E-state index in [0.29, 0.717) is 25.6 Å². The number of carbonyl (C=O) groups is 1. The fourth-order valence-corrected chi connectivity index (χ4v) is 5.88. The second-order valence-corrected chi connectivity index (χ2v) is 13.1. The van der Waals surface area contributed by atoms with Gasteiger partial charge in [-0.3, -0.25) is 9.79 Å². The Balaban J connectivity index is 0.000000569. The van der Waals surface area contributed by atoms with Gasteiger partial charge in [-0.15, -0.1) is 0 Å². The van der Waals surface area contributed by atoms with Crippen molar-refractivity contribution in [3.8, 4) is 0 Å². The van der Waals surface area contributed by atoms with E-state index in [1.807, 2.05) is 44.3 Å². The molecule has 1 saturated heterocycles. The van der Waals surface area contributed by atoms with E-state index in [-0.39, 0.29) is 6.04 Å². The van der Waals surface area contributed by atoms with Gasteiger partial charge in [0.25, 0.3) is 0 Å². The van der Waals surface area contributed by atoms with Gasteiger partial charge in [0, 0.05) is 60.3 Å².